The Balaban J connectivity index is 1.97. The number of nitrogens with one attached hydrogen (secondary N) is 1. The van der Waals surface area contributed by atoms with Gasteiger partial charge in [0.05, 0.1) is 0 Å². The van der Waals surface area contributed by atoms with E-state index in [0.717, 1.165) is 18.0 Å². The molecule has 3 unspecified atom stereocenters. The molecule has 1 saturated heterocycles. The summed E-state index contributed by atoms with van der Waals surface area (Å²) in [6.45, 7) is 9.90. The molecule has 0 amide bonds. The first-order chi connectivity index (χ1) is 8.62. The molecule has 0 bridgehead atoms. The molecule has 2 nitrogen and oxygen atoms in total. The minimum Gasteiger partial charge on any atom is -0.317 e. The van der Waals surface area contributed by atoms with Crippen LogP contribution < -0.4 is 5.32 Å². The summed E-state index contributed by atoms with van der Waals surface area (Å²) in [6, 6.07) is 1.46. The molecule has 1 aliphatic carbocycles. The van der Waals surface area contributed by atoms with Crippen molar-refractivity contribution in [3.63, 3.8) is 0 Å². The van der Waals surface area contributed by atoms with Crippen molar-refractivity contribution in [1.82, 2.24) is 10.2 Å². The molecule has 106 valence electrons. The van der Waals surface area contributed by atoms with Crippen molar-refractivity contribution in [2.24, 2.45) is 11.3 Å². The Morgan fingerprint density at radius 3 is 2.44 bits per heavy atom. The van der Waals surface area contributed by atoms with E-state index in [1.165, 1.54) is 51.6 Å². The summed E-state index contributed by atoms with van der Waals surface area (Å²) in [7, 11) is 2.12. The molecule has 18 heavy (non-hydrogen) atoms. The average Bonchev–Trinajstić information content (AvgIpc) is 2.85. The van der Waals surface area contributed by atoms with Gasteiger partial charge in [-0.3, -0.25) is 4.90 Å². The highest BCUT2D eigenvalue weighted by Crippen LogP contribution is 2.42. The second-order valence-electron chi connectivity index (χ2n) is 6.81. The maximum absolute atomic E-state index is 3.50. The summed E-state index contributed by atoms with van der Waals surface area (Å²) in [5, 5.41) is 3.50. The molecule has 0 spiro atoms. The van der Waals surface area contributed by atoms with Crippen molar-refractivity contribution in [1.29, 1.82) is 0 Å². The van der Waals surface area contributed by atoms with Crippen LogP contribution in [0.2, 0.25) is 0 Å². The smallest absolute Gasteiger partial charge is 0.0117 e. The second kappa shape index (κ2) is 5.92. The molecule has 2 rings (SSSR count). The Kier molecular flexibility index (Phi) is 4.71. The standard InChI is InChI=1S/C16H32N2/c1-5-16(9-6-7-10-16)12-18-11-8-15(17-4)13(2)14(18)3/h13-15,17H,5-12H2,1-4H3. The monoisotopic (exact) mass is 252 g/mol. The topological polar surface area (TPSA) is 15.3 Å². The molecule has 0 aromatic carbocycles. The summed E-state index contributed by atoms with van der Waals surface area (Å²) in [4.78, 5) is 2.79. The highest BCUT2D eigenvalue weighted by atomic mass is 15.2. The maximum atomic E-state index is 3.50. The van der Waals surface area contributed by atoms with Crippen LogP contribution in [0, 0.1) is 11.3 Å². The highest BCUT2D eigenvalue weighted by molar-refractivity contribution is 4.93. The van der Waals surface area contributed by atoms with E-state index < -0.39 is 0 Å². The summed E-state index contributed by atoms with van der Waals surface area (Å²) in [5.41, 5.74) is 0.653. The van der Waals surface area contributed by atoms with Crippen molar-refractivity contribution in [3.05, 3.63) is 0 Å². The van der Waals surface area contributed by atoms with Crippen LogP contribution in [0.1, 0.15) is 59.3 Å². The van der Waals surface area contributed by atoms with Crippen LogP contribution in [0.3, 0.4) is 0 Å². The van der Waals surface area contributed by atoms with E-state index >= 15 is 0 Å². The lowest BCUT2D eigenvalue weighted by atomic mass is 9.80. The van der Waals surface area contributed by atoms with Crippen molar-refractivity contribution < 1.29 is 0 Å². The van der Waals surface area contributed by atoms with Gasteiger partial charge in [-0.15, -0.1) is 0 Å². The van der Waals surface area contributed by atoms with Crippen molar-refractivity contribution in [3.8, 4) is 0 Å². The van der Waals surface area contributed by atoms with E-state index in [2.05, 4.69) is 38.0 Å². The number of hydrogen-bond donors (Lipinski definition) is 1. The maximum Gasteiger partial charge on any atom is 0.0117 e. The van der Waals surface area contributed by atoms with Gasteiger partial charge in [0, 0.05) is 18.6 Å². The number of hydrogen-bond acceptors (Lipinski definition) is 2. The molecule has 1 heterocycles. The normalized spacial score (nSPS) is 37.0. The van der Waals surface area contributed by atoms with Gasteiger partial charge in [-0.05, 0) is 57.5 Å². The third kappa shape index (κ3) is 2.75. The molecular weight excluding hydrogens is 220 g/mol. The molecule has 3 atom stereocenters. The fourth-order valence-electron chi connectivity index (χ4n) is 4.25. The molecule has 1 saturated carbocycles. The Morgan fingerprint density at radius 2 is 1.89 bits per heavy atom. The van der Waals surface area contributed by atoms with Gasteiger partial charge in [-0.2, -0.15) is 0 Å². The van der Waals surface area contributed by atoms with E-state index in [1.807, 2.05) is 0 Å². The van der Waals surface area contributed by atoms with Crippen LogP contribution in [-0.2, 0) is 0 Å². The second-order valence-corrected chi connectivity index (χ2v) is 6.81. The molecule has 2 heteroatoms. The first kappa shape index (κ1) is 14.3. The number of piperidine rings is 1. The molecular formula is C16H32N2. The van der Waals surface area contributed by atoms with Gasteiger partial charge in [-0.25, -0.2) is 0 Å². The molecule has 2 aliphatic rings. The largest absolute Gasteiger partial charge is 0.317 e. The van der Waals surface area contributed by atoms with E-state index in [-0.39, 0.29) is 0 Å². The highest BCUT2D eigenvalue weighted by Gasteiger charge is 2.38. The predicted octanol–water partition coefficient (Wildman–Crippen LogP) is 3.28. The van der Waals surface area contributed by atoms with Crippen molar-refractivity contribution in [2.75, 3.05) is 20.1 Å². The van der Waals surface area contributed by atoms with Crippen molar-refractivity contribution >= 4 is 0 Å². The minimum absolute atomic E-state index is 0.653. The zero-order chi connectivity index (χ0) is 13.2. The number of rotatable bonds is 4. The van der Waals surface area contributed by atoms with Gasteiger partial charge < -0.3 is 5.32 Å². The van der Waals surface area contributed by atoms with Crippen LogP contribution in [-0.4, -0.2) is 37.1 Å². The Labute approximate surface area is 114 Å². The molecule has 0 aromatic heterocycles. The molecule has 1 N–H and O–H groups in total. The van der Waals surface area contributed by atoms with E-state index in [0.29, 0.717) is 5.41 Å². The van der Waals surface area contributed by atoms with Crippen LogP contribution in [0.4, 0.5) is 0 Å². The Bertz CT molecular complexity index is 258. The first-order valence-corrected chi connectivity index (χ1v) is 8.03. The summed E-state index contributed by atoms with van der Waals surface area (Å²) < 4.78 is 0. The van der Waals surface area contributed by atoms with Gasteiger partial charge in [0.1, 0.15) is 0 Å². The summed E-state index contributed by atoms with van der Waals surface area (Å²) in [6.07, 6.45) is 8.56. The third-order valence-electron chi connectivity index (χ3n) is 6.02. The average molecular weight is 252 g/mol. The van der Waals surface area contributed by atoms with Gasteiger partial charge in [0.2, 0.25) is 0 Å². The van der Waals surface area contributed by atoms with Crippen LogP contribution in [0.25, 0.3) is 0 Å². The summed E-state index contributed by atoms with van der Waals surface area (Å²) >= 11 is 0. The fourth-order valence-corrected chi connectivity index (χ4v) is 4.25. The number of likely N-dealkylation sites (tertiary alicyclic amines) is 1. The van der Waals surface area contributed by atoms with E-state index in [4.69, 9.17) is 0 Å². The SMILES string of the molecule is CCC1(CN2CCC(NC)C(C)C2C)CCCC1. The van der Waals surface area contributed by atoms with Crippen LogP contribution in [0.15, 0.2) is 0 Å². The van der Waals surface area contributed by atoms with Gasteiger partial charge in [-0.1, -0.05) is 26.7 Å². The lowest BCUT2D eigenvalue weighted by Gasteiger charge is -2.46. The van der Waals surface area contributed by atoms with Gasteiger partial charge in [0.15, 0.2) is 0 Å². The predicted molar refractivity (Wildman–Crippen MR) is 78.9 cm³/mol. The summed E-state index contributed by atoms with van der Waals surface area (Å²) in [5.74, 6) is 0.777. The quantitative estimate of drug-likeness (QED) is 0.826. The van der Waals surface area contributed by atoms with Crippen molar-refractivity contribution in [2.45, 2.75) is 71.4 Å². The molecule has 2 fully saturated rings. The minimum atomic E-state index is 0.653. The third-order valence-corrected chi connectivity index (χ3v) is 6.02. The Morgan fingerprint density at radius 1 is 1.22 bits per heavy atom. The van der Waals surface area contributed by atoms with E-state index in [9.17, 15) is 0 Å². The molecule has 0 radical (unpaired) electrons. The first-order valence-electron chi connectivity index (χ1n) is 8.03. The number of nitrogens with zero attached hydrogens (tertiary/aromatic N) is 1. The zero-order valence-electron chi connectivity index (χ0n) is 12.8. The van der Waals surface area contributed by atoms with Crippen LogP contribution >= 0.6 is 0 Å². The lowest BCUT2D eigenvalue weighted by molar-refractivity contribution is 0.0430. The van der Waals surface area contributed by atoms with Gasteiger partial charge in [0.25, 0.3) is 0 Å². The van der Waals surface area contributed by atoms with Crippen LogP contribution in [0.5, 0.6) is 0 Å². The fraction of sp³-hybridized carbons (Fsp3) is 1.00. The van der Waals surface area contributed by atoms with Gasteiger partial charge >= 0.3 is 0 Å². The lowest BCUT2D eigenvalue weighted by Crippen LogP contribution is -2.54. The zero-order valence-corrected chi connectivity index (χ0v) is 12.8. The molecule has 1 aliphatic heterocycles. The Hall–Kier alpha value is -0.0800. The van der Waals surface area contributed by atoms with E-state index in [1.54, 1.807) is 0 Å². The molecule has 0 aromatic rings.